The fourth-order valence-electron chi connectivity index (χ4n) is 4.99. The predicted octanol–water partition coefficient (Wildman–Crippen LogP) is 5.63. The first-order valence-electron chi connectivity index (χ1n) is 10.2. The molecule has 2 aliphatic heterocycles. The quantitative estimate of drug-likeness (QED) is 0.563. The third kappa shape index (κ3) is 2.70. The molecular weight excluding hydrogens is 372 g/mol. The summed E-state index contributed by atoms with van der Waals surface area (Å²) in [6.07, 6.45) is 0. The number of hydroxylamine groups is 1. The molecule has 3 aromatic rings. The van der Waals surface area contributed by atoms with Crippen LogP contribution in [-0.4, -0.2) is 13.7 Å². The fraction of sp³-hybridized carbons (Fsp3) is 0.269. The Balaban J connectivity index is 1.67. The summed E-state index contributed by atoms with van der Waals surface area (Å²) < 4.78 is 6.16. The summed E-state index contributed by atoms with van der Waals surface area (Å²) >= 11 is 0. The van der Waals surface area contributed by atoms with Crippen molar-refractivity contribution in [3.8, 4) is 22.9 Å². The van der Waals surface area contributed by atoms with Gasteiger partial charge in [-0.25, -0.2) is 5.06 Å². The molecule has 4 nitrogen and oxygen atoms in total. The van der Waals surface area contributed by atoms with Gasteiger partial charge in [-0.1, -0.05) is 50.2 Å². The Labute approximate surface area is 177 Å². The summed E-state index contributed by atoms with van der Waals surface area (Å²) in [7, 11) is 1.74. The number of rotatable bonds is 2. The van der Waals surface area contributed by atoms with E-state index in [1.165, 1.54) is 11.1 Å². The molecule has 0 aliphatic carbocycles. The minimum Gasteiger partial charge on any atom is -0.493 e. The number of fused-ring (bicyclic) bond motifs is 4. The summed E-state index contributed by atoms with van der Waals surface area (Å²) in [6.45, 7) is 5.23. The Hall–Kier alpha value is -3.29. The maximum Gasteiger partial charge on any atom is 0.124 e. The second-order valence-corrected chi connectivity index (χ2v) is 8.55. The molecule has 0 radical (unpaired) electrons. The summed E-state index contributed by atoms with van der Waals surface area (Å²) in [5, 5.41) is 11.3. The van der Waals surface area contributed by atoms with Crippen molar-refractivity contribution in [2.75, 3.05) is 18.8 Å². The number of ether oxygens (including phenoxy) is 1. The van der Waals surface area contributed by atoms with Crippen LogP contribution in [0.25, 0.3) is 11.1 Å². The van der Waals surface area contributed by atoms with Gasteiger partial charge in [-0.15, -0.1) is 0 Å². The van der Waals surface area contributed by atoms with Gasteiger partial charge in [0.25, 0.3) is 0 Å². The molecule has 0 N–H and O–H groups in total. The second-order valence-electron chi connectivity index (χ2n) is 8.55. The van der Waals surface area contributed by atoms with Crippen molar-refractivity contribution in [3.63, 3.8) is 0 Å². The maximum atomic E-state index is 9.27. The Kier molecular flexibility index (Phi) is 4.30. The van der Waals surface area contributed by atoms with Crippen molar-refractivity contribution in [2.24, 2.45) is 5.92 Å². The van der Waals surface area contributed by atoms with Crippen LogP contribution in [0.15, 0.2) is 66.7 Å². The molecule has 2 heterocycles. The first-order chi connectivity index (χ1) is 14.5. The van der Waals surface area contributed by atoms with Crippen molar-refractivity contribution >= 4 is 5.69 Å². The van der Waals surface area contributed by atoms with Crippen LogP contribution >= 0.6 is 0 Å². The van der Waals surface area contributed by atoms with Crippen LogP contribution in [0.3, 0.4) is 0 Å². The summed E-state index contributed by atoms with van der Waals surface area (Å²) in [5.74, 6) is 1.17. The lowest BCUT2D eigenvalue weighted by atomic mass is 9.65. The van der Waals surface area contributed by atoms with Crippen molar-refractivity contribution in [1.82, 2.24) is 0 Å². The van der Waals surface area contributed by atoms with Crippen LogP contribution < -0.4 is 9.80 Å². The van der Waals surface area contributed by atoms with E-state index in [1.807, 2.05) is 35.4 Å². The van der Waals surface area contributed by atoms with Crippen LogP contribution in [0.4, 0.5) is 5.69 Å². The highest BCUT2D eigenvalue weighted by molar-refractivity contribution is 5.72. The number of hydrogen-bond donors (Lipinski definition) is 0. The van der Waals surface area contributed by atoms with Gasteiger partial charge in [0.15, 0.2) is 0 Å². The van der Waals surface area contributed by atoms with E-state index in [4.69, 9.17) is 9.57 Å². The van der Waals surface area contributed by atoms with Gasteiger partial charge in [0.05, 0.1) is 37.1 Å². The Morgan fingerprint density at radius 3 is 2.63 bits per heavy atom. The number of benzene rings is 3. The number of anilines is 1. The van der Waals surface area contributed by atoms with Gasteiger partial charge >= 0.3 is 0 Å². The first kappa shape index (κ1) is 18.7. The third-order valence-electron chi connectivity index (χ3n) is 6.67. The van der Waals surface area contributed by atoms with Crippen LogP contribution in [-0.2, 0) is 10.3 Å². The molecule has 5 rings (SSSR count). The first-order valence-corrected chi connectivity index (χ1v) is 10.2. The standard InChI is InChI=1S/C26H24N2O2/c1-26(2)21-14-19(18-8-6-7-17(13-18)15-27)11-12-23(21)28(29-3)25-20-9-4-5-10-24(20)30-16-22(25)26/h4-14,22,25H,16H2,1-3H3/t22-,25+/m0/s1. The van der Waals surface area contributed by atoms with Crippen molar-refractivity contribution in [3.05, 3.63) is 83.4 Å². The zero-order valence-electron chi connectivity index (χ0n) is 17.4. The minimum atomic E-state index is -0.120. The van der Waals surface area contributed by atoms with Gasteiger partial charge < -0.3 is 4.74 Å². The molecule has 4 heteroatoms. The molecular formula is C26H24N2O2. The molecule has 0 spiro atoms. The largest absolute Gasteiger partial charge is 0.493 e. The molecule has 30 heavy (non-hydrogen) atoms. The van der Waals surface area contributed by atoms with Gasteiger partial charge in [0, 0.05) is 16.9 Å². The summed E-state index contributed by atoms with van der Waals surface area (Å²) in [6, 6.07) is 24.8. The fourth-order valence-corrected chi connectivity index (χ4v) is 4.99. The highest BCUT2D eigenvalue weighted by Gasteiger charge is 2.50. The van der Waals surface area contributed by atoms with E-state index < -0.39 is 0 Å². The predicted molar refractivity (Wildman–Crippen MR) is 117 cm³/mol. The van der Waals surface area contributed by atoms with Gasteiger partial charge in [-0.2, -0.15) is 5.26 Å². The Bertz CT molecular complexity index is 1160. The Morgan fingerprint density at radius 2 is 1.83 bits per heavy atom. The van der Waals surface area contributed by atoms with E-state index in [0.29, 0.717) is 12.2 Å². The molecule has 0 saturated heterocycles. The van der Waals surface area contributed by atoms with Crippen LogP contribution in [0, 0.1) is 17.2 Å². The smallest absolute Gasteiger partial charge is 0.124 e. The molecule has 3 aromatic carbocycles. The molecule has 0 saturated carbocycles. The molecule has 0 aromatic heterocycles. The average molecular weight is 396 g/mol. The van der Waals surface area contributed by atoms with Gasteiger partial charge in [-0.05, 0) is 47.0 Å². The maximum absolute atomic E-state index is 9.27. The third-order valence-corrected chi connectivity index (χ3v) is 6.67. The van der Waals surface area contributed by atoms with E-state index >= 15 is 0 Å². The molecule has 0 fully saturated rings. The van der Waals surface area contributed by atoms with Crippen molar-refractivity contribution in [2.45, 2.75) is 25.3 Å². The van der Waals surface area contributed by atoms with E-state index in [0.717, 1.165) is 22.6 Å². The van der Waals surface area contributed by atoms with Gasteiger partial charge in [0.2, 0.25) is 0 Å². The number of nitrogens with zero attached hydrogens (tertiary/aromatic N) is 2. The monoisotopic (exact) mass is 396 g/mol. The molecule has 2 aliphatic rings. The van der Waals surface area contributed by atoms with Crippen molar-refractivity contribution in [1.29, 1.82) is 5.26 Å². The molecule has 150 valence electrons. The SMILES string of the molecule is CON1c2ccc(-c3cccc(C#N)c3)cc2C(C)(C)[C@H]2COc3ccccc3[C@H]21. The normalized spacial score (nSPS) is 20.9. The van der Waals surface area contributed by atoms with E-state index in [-0.39, 0.29) is 17.4 Å². The lowest BCUT2D eigenvalue weighted by Crippen LogP contribution is -2.51. The van der Waals surface area contributed by atoms with Gasteiger partial charge in [-0.3, -0.25) is 4.84 Å². The average Bonchev–Trinajstić information content (AvgIpc) is 2.79. The highest BCUT2D eigenvalue weighted by atomic mass is 16.7. The van der Waals surface area contributed by atoms with Gasteiger partial charge in [0.1, 0.15) is 5.75 Å². The number of nitriles is 1. The van der Waals surface area contributed by atoms with E-state index in [9.17, 15) is 5.26 Å². The number of hydrogen-bond acceptors (Lipinski definition) is 4. The van der Waals surface area contributed by atoms with Crippen molar-refractivity contribution < 1.29 is 9.57 Å². The number of para-hydroxylation sites is 1. The lowest BCUT2D eigenvalue weighted by Gasteiger charge is -2.52. The van der Waals surface area contributed by atoms with Crippen LogP contribution in [0.5, 0.6) is 5.75 Å². The molecule has 2 atom stereocenters. The Morgan fingerprint density at radius 1 is 1.03 bits per heavy atom. The minimum absolute atomic E-state index is 0.0928. The molecule has 0 bridgehead atoms. The van der Waals surface area contributed by atoms with Crippen LogP contribution in [0.1, 0.15) is 36.6 Å². The van der Waals surface area contributed by atoms with E-state index in [1.54, 1.807) is 7.11 Å². The summed E-state index contributed by atoms with van der Waals surface area (Å²) in [4.78, 5) is 5.95. The van der Waals surface area contributed by atoms with Crippen LogP contribution in [0.2, 0.25) is 0 Å². The lowest BCUT2D eigenvalue weighted by molar-refractivity contribution is 0.0442. The molecule has 0 unspecified atom stereocenters. The zero-order chi connectivity index (χ0) is 20.9. The second kappa shape index (κ2) is 6.90. The zero-order valence-corrected chi connectivity index (χ0v) is 17.4. The molecule has 0 amide bonds. The highest BCUT2D eigenvalue weighted by Crippen LogP contribution is 2.55. The van der Waals surface area contributed by atoms with E-state index in [2.05, 4.69) is 56.3 Å². The summed E-state index contributed by atoms with van der Waals surface area (Å²) in [5.41, 5.74) is 6.18. The topological polar surface area (TPSA) is 45.5 Å².